The number of aryl methyl sites for hydroxylation is 1. The molecule has 118 valence electrons. The van der Waals surface area contributed by atoms with Crippen molar-refractivity contribution in [3.05, 3.63) is 23.3 Å². The summed E-state index contributed by atoms with van der Waals surface area (Å²) in [5, 5.41) is 0. The number of carbonyl (C=O) groups is 1. The molecule has 1 saturated heterocycles. The van der Waals surface area contributed by atoms with Crippen molar-refractivity contribution in [1.29, 1.82) is 0 Å². The Kier molecular flexibility index (Phi) is 3.40. The van der Waals surface area contributed by atoms with Crippen LogP contribution in [0.5, 0.6) is 0 Å². The van der Waals surface area contributed by atoms with Gasteiger partial charge in [-0.25, -0.2) is 9.97 Å². The average molecular weight is 301 g/mol. The molecule has 1 saturated carbocycles. The van der Waals surface area contributed by atoms with Crippen molar-refractivity contribution in [3.8, 4) is 0 Å². The van der Waals surface area contributed by atoms with Crippen LogP contribution in [0.15, 0.2) is 6.20 Å². The molecular weight excluding hydrogens is 278 g/mol. The summed E-state index contributed by atoms with van der Waals surface area (Å²) in [6, 6.07) is 0. The van der Waals surface area contributed by atoms with Crippen molar-refractivity contribution in [3.63, 3.8) is 0 Å². The fourth-order valence-electron chi connectivity index (χ4n) is 4.00. The standard InChI is InChI=1S/C17H23N3O2/c1-2-5-15-18-8-13-14(19-15)9-22-17(13)10-20(11-17)16(21)12-6-3-4-7-12/h8,12H,2-7,9-11H2,1H3. The quantitative estimate of drug-likeness (QED) is 0.859. The van der Waals surface area contributed by atoms with Gasteiger partial charge in [-0.15, -0.1) is 0 Å². The normalized spacial score (nSPS) is 22.9. The van der Waals surface area contributed by atoms with E-state index in [0.717, 1.165) is 42.8 Å². The number of fused-ring (bicyclic) bond motifs is 2. The van der Waals surface area contributed by atoms with E-state index in [1.165, 1.54) is 12.8 Å². The van der Waals surface area contributed by atoms with Gasteiger partial charge in [0.05, 0.1) is 25.4 Å². The van der Waals surface area contributed by atoms with Crippen LogP contribution in [0.25, 0.3) is 0 Å². The minimum atomic E-state index is -0.325. The lowest BCUT2D eigenvalue weighted by Crippen LogP contribution is -2.62. The fraction of sp³-hybridized carbons (Fsp3) is 0.706. The van der Waals surface area contributed by atoms with E-state index in [9.17, 15) is 4.79 Å². The molecule has 4 rings (SSSR count). The molecule has 3 aliphatic rings. The number of nitrogens with zero attached hydrogens (tertiary/aromatic N) is 3. The molecule has 2 aliphatic heterocycles. The van der Waals surface area contributed by atoms with Crippen molar-refractivity contribution in [2.45, 2.75) is 57.7 Å². The van der Waals surface area contributed by atoms with Crippen LogP contribution in [0.2, 0.25) is 0 Å². The highest BCUT2D eigenvalue weighted by molar-refractivity contribution is 5.80. The maximum absolute atomic E-state index is 12.5. The van der Waals surface area contributed by atoms with Gasteiger partial charge in [0.1, 0.15) is 11.4 Å². The zero-order chi connectivity index (χ0) is 15.2. The maximum atomic E-state index is 12.5. The summed E-state index contributed by atoms with van der Waals surface area (Å²) in [6.45, 7) is 4.03. The number of hydrogen-bond donors (Lipinski definition) is 0. The largest absolute Gasteiger partial charge is 0.360 e. The number of ether oxygens (including phenoxy) is 1. The minimum absolute atomic E-state index is 0.251. The van der Waals surface area contributed by atoms with Crippen LogP contribution < -0.4 is 0 Å². The highest BCUT2D eigenvalue weighted by atomic mass is 16.5. The van der Waals surface area contributed by atoms with Crippen LogP contribution in [-0.4, -0.2) is 33.9 Å². The smallest absolute Gasteiger partial charge is 0.225 e. The molecule has 1 amide bonds. The van der Waals surface area contributed by atoms with Gasteiger partial charge in [-0.05, 0) is 19.3 Å². The van der Waals surface area contributed by atoms with Gasteiger partial charge in [-0.1, -0.05) is 19.8 Å². The average Bonchev–Trinajstić information content (AvgIpc) is 3.13. The first-order chi connectivity index (χ1) is 10.7. The van der Waals surface area contributed by atoms with E-state index < -0.39 is 0 Å². The summed E-state index contributed by atoms with van der Waals surface area (Å²) in [5.41, 5.74) is 1.79. The Morgan fingerprint density at radius 1 is 1.41 bits per heavy atom. The molecule has 1 aromatic heterocycles. The van der Waals surface area contributed by atoms with Gasteiger partial charge in [0.15, 0.2) is 0 Å². The molecule has 5 heteroatoms. The monoisotopic (exact) mass is 301 g/mol. The third-order valence-electron chi connectivity index (χ3n) is 5.28. The molecule has 0 unspecified atom stereocenters. The van der Waals surface area contributed by atoms with Crippen LogP contribution in [0.4, 0.5) is 0 Å². The van der Waals surface area contributed by atoms with E-state index >= 15 is 0 Å². The third kappa shape index (κ3) is 2.14. The Labute approximate surface area is 131 Å². The van der Waals surface area contributed by atoms with Crippen molar-refractivity contribution >= 4 is 5.91 Å². The third-order valence-corrected chi connectivity index (χ3v) is 5.28. The highest BCUT2D eigenvalue weighted by Gasteiger charge is 2.53. The lowest BCUT2D eigenvalue weighted by Gasteiger charge is -2.48. The first-order valence-electron chi connectivity index (χ1n) is 8.50. The van der Waals surface area contributed by atoms with E-state index in [4.69, 9.17) is 4.74 Å². The molecule has 0 radical (unpaired) electrons. The predicted octanol–water partition coefficient (Wildman–Crippen LogP) is 2.19. The molecule has 0 aromatic carbocycles. The van der Waals surface area contributed by atoms with Gasteiger partial charge < -0.3 is 9.64 Å². The SMILES string of the molecule is CCCc1ncc2c(n1)COC21CN(C(=O)C2CCCC2)C1. The number of carbonyl (C=O) groups excluding carboxylic acids is 1. The number of rotatable bonds is 3. The number of hydrogen-bond acceptors (Lipinski definition) is 4. The Hall–Kier alpha value is -1.49. The Bertz CT molecular complexity index is 590. The Morgan fingerprint density at radius 2 is 2.18 bits per heavy atom. The van der Waals surface area contributed by atoms with Crippen LogP contribution >= 0.6 is 0 Å². The second-order valence-electron chi connectivity index (χ2n) is 6.86. The molecule has 1 spiro atoms. The number of aromatic nitrogens is 2. The summed E-state index contributed by atoms with van der Waals surface area (Å²) in [6.07, 6.45) is 8.40. The minimum Gasteiger partial charge on any atom is -0.360 e. The number of amides is 1. The lowest BCUT2D eigenvalue weighted by molar-refractivity contribution is -0.172. The van der Waals surface area contributed by atoms with Crippen molar-refractivity contribution < 1.29 is 9.53 Å². The predicted molar refractivity (Wildman–Crippen MR) is 81.0 cm³/mol. The van der Waals surface area contributed by atoms with Gasteiger partial charge in [0.25, 0.3) is 0 Å². The van der Waals surface area contributed by atoms with Gasteiger partial charge in [-0.3, -0.25) is 4.79 Å². The zero-order valence-corrected chi connectivity index (χ0v) is 13.2. The molecule has 0 atom stereocenters. The topological polar surface area (TPSA) is 55.3 Å². The zero-order valence-electron chi connectivity index (χ0n) is 13.2. The highest BCUT2D eigenvalue weighted by Crippen LogP contribution is 2.43. The molecule has 5 nitrogen and oxygen atoms in total. The fourth-order valence-corrected chi connectivity index (χ4v) is 4.00. The van der Waals surface area contributed by atoms with Crippen molar-refractivity contribution in [2.75, 3.05) is 13.1 Å². The molecule has 0 bridgehead atoms. The van der Waals surface area contributed by atoms with Crippen molar-refractivity contribution in [1.82, 2.24) is 14.9 Å². The molecule has 3 heterocycles. The Morgan fingerprint density at radius 3 is 2.91 bits per heavy atom. The lowest BCUT2D eigenvalue weighted by atomic mass is 9.86. The first kappa shape index (κ1) is 14.1. The molecular formula is C17H23N3O2. The summed E-state index contributed by atoms with van der Waals surface area (Å²) < 4.78 is 6.03. The van der Waals surface area contributed by atoms with E-state index in [2.05, 4.69) is 16.9 Å². The van der Waals surface area contributed by atoms with E-state index in [1.54, 1.807) is 0 Å². The summed E-state index contributed by atoms with van der Waals surface area (Å²) in [4.78, 5) is 23.5. The van der Waals surface area contributed by atoms with E-state index in [-0.39, 0.29) is 11.5 Å². The maximum Gasteiger partial charge on any atom is 0.225 e. The van der Waals surface area contributed by atoms with E-state index in [0.29, 0.717) is 25.6 Å². The van der Waals surface area contributed by atoms with Crippen LogP contribution in [0.3, 0.4) is 0 Å². The van der Waals surface area contributed by atoms with Gasteiger partial charge >= 0.3 is 0 Å². The summed E-state index contributed by atoms with van der Waals surface area (Å²) in [7, 11) is 0. The van der Waals surface area contributed by atoms with Crippen LogP contribution in [-0.2, 0) is 28.2 Å². The first-order valence-corrected chi connectivity index (χ1v) is 8.50. The second-order valence-corrected chi connectivity index (χ2v) is 6.86. The molecule has 1 aromatic rings. The van der Waals surface area contributed by atoms with Crippen LogP contribution in [0, 0.1) is 5.92 Å². The molecule has 1 aliphatic carbocycles. The Balaban J connectivity index is 1.47. The second kappa shape index (κ2) is 5.30. The summed E-state index contributed by atoms with van der Waals surface area (Å²) >= 11 is 0. The van der Waals surface area contributed by atoms with Gasteiger partial charge in [0.2, 0.25) is 5.91 Å². The van der Waals surface area contributed by atoms with Gasteiger partial charge in [0, 0.05) is 24.1 Å². The number of likely N-dealkylation sites (tertiary alicyclic amines) is 1. The summed E-state index contributed by atoms with van der Waals surface area (Å²) in [5.74, 6) is 1.48. The molecule has 22 heavy (non-hydrogen) atoms. The van der Waals surface area contributed by atoms with Crippen molar-refractivity contribution in [2.24, 2.45) is 5.92 Å². The molecule has 2 fully saturated rings. The van der Waals surface area contributed by atoms with E-state index in [1.807, 2.05) is 11.1 Å². The van der Waals surface area contributed by atoms with Crippen LogP contribution in [0.1, 0.15) is 56.1 Å². The van der Waals surface area contributed by atoms with Gasteiger partial charge in [-0.2, -0.15) is 0 Å². The molecule has 0 N–H and O–H groups in total.